The molecule has 0 aromatic carbocycles. The molecule has 0 bridgehead atoms. The molecule has 1 amide bonds. The van der Waals surface area contributed by atoms with Crippen molar-refractivity contribution in [2.75, 3.05) is 6.54 Å². The maximum absolute atomic E-state index is 12.7. The normalized spacial score (nSPS) is 29.2. The van der Waals surface area contributed by atoms with Gasteiger partial charge in [-0.25, -0.2) is 0 Å². The Hall–Kier alpha value is -0.710. The van der Waals surface area contributed by atoms with Gasteiger partial charge in [-0.2, -0.15) is 8.78 Å². The molecule has 0 saturated carbocycles. The van der Waals surface area contributed by atoms with Gasteiger partial charge < -0.3 is 11.1 Å². The van der Waals surface area contributed by atoms with Gasteiger partial charge >= 0.3 is 5.92 Å². The molecule has 1 aliphatic rings. The number of carbonyl (C=O) groups is 1. The first-order chi connectivity index (χ1) is 5.56. The number of carbonyl (C=O) groups excluding carboxylic acids is 1. The lowest BCUT2D eigenvalue weighted by Gasteiger charge is -2.14. The molecule has 1 unspecified atom stereocenters. The third-order valence-corrected chi connectivity index (χ3v) is 2.00. The summed E-state index contributed by atoms with van der Waals surface area (Å²) >= 11 is 0. The van der Waals surface area contributed by atoms with Gasteiger partial charge in [0.1, 0.15) is 0 Å². The fraction of sp³-hybridized carbons (Fsp3) is 0.857. The van der Waals surface area contributed by atoms with Gasteiger partial charge in [0.15, 0.2) is 0 Å². The van der Waals surface area contributed by atoms with E-state index >= 15 is 0 Å². The standard InChI is InChI=1S/C7H12F2N2O/c8-7(9)3-1-2-5(4-10)11-6(7)12/h5H,1-4,10H2,(H,11,12). The molecule has 5 heteroatoms. The van der Waals surface area contributed by atoms with Crippen molar-refractivity contribution in [1.29, 1.82) is 0 Å². The van der Waals surface area contributed by atoms with Gasteiger partial charge in [0.05, 0.1) is 0 Å². The first-order valence-electron chi connectivity index (χ1n) is 3.95. The summed E-state index contributed by atoms with van der Waals surface area (Å²) < 4.78 is 25.4. The van der Waals surface area contributed by atoms with Crippen LogP contribution in [0.5, 0.6) is 0 Å². The molecule has 3 nitrogen and oxygen atoms in total. The van der Waals surface area contributed by atoms with Crippen molar-refractivity contribution >= 4 is 5.91 Å². The molecule has 1 aliphatic heterocycles. The molecule has 0 aliphatic carbocycles. The van der Waals surface area contributed by atoms with Crippen LogP contribution in [-0.2, 0) is 4.79 Å². The smallest absolute Gasteiger partial charge is 0.324 e. The van der Waals surface area contributed by atoms with E-state index in [9.17, 15) is 13.6 Å². The number of nitrogens with one attached hydrogen (secondary N) is 1. The summed E-state index contributed by atoms with van der Waals surface area (Å²) in [5.74, 6) is -4.39. The average molecular weight is 178 g/mol. The van der Waals surface area contributed by atoms with Crippen LogP contribution in [0, 0.1) is 0 Å². The summed E-state index contributed by atoms with van der Waals surface area (Å²) in [7, 11) is 0. The average Bonchev–Trinajstić information content (AvgIpc) is 2.12. The van der Waals surface area contributed by atoms with Crippen LogP contribution in [0.3, 0.4) is 0 Å². The lowest BCUT2D eigenvalue weighted by Crippen LogP contribution is -2.45. The maximum Gasteiger partial charge on any atom is 0.324 e. The Labute approximate surface area is 69.3 Å². The Morgan fingerprint density at radius 3 is 2.92 bits per heavy atom. The van der Waals surface area contributed by atoms with Crippen LogP contribution in [-0.4, -0.2) is 24.4 Å². The number of alkyl halides is 2. The minimum Gasteiger partial charge on any atom is -0.347 e. The quantitative estimate of drug-likeness (QED) is 0.604. The van der Waals surface area contributed by atoms with Crippen LogP contribution >= 0.6 is 0 Å². The molecule has 70 valence electrons. The Kier molecular flexibility index (Phi) is 2.62. The summed E-state index contributed by atoms with van der Waals surface area (Å²) in [6.45, 7) is 0.224. The maximum atomic E-state index is 12.7. The van der Waals surface area contributed by atoms with Crippen LogP contribution in [0.15, 0.2) is 0 Å². The van der Waals surface area contributed by atoms with Crippen molar-refractivity contribution in [2.45, 2.75) is 31.2 Å². The van der Waals surface area contributed by atoms with Crippen LogP contribution < -0.4 is 11.1 Å². The lowest BCUT2D eigenvalue weighted by molar-refractivity contribution is -0.145. The van der Waals surface area contributed by atoms with Crippen molar-refractivity contribution in [2.24, 2.45) is 5.73 Å². The Balaban J connectivity index is 2.63. The second kappa shape index (κ2) is 3.35. The molecule has 0 aromatic rings. The van der Waals surface area contributed by atoms with E-state index in [0.29, 0.717) is 12.8 Å². The highest BCUT2D eigenvalue weighted by Gasteiger charge is 2.40. The van der Waals surface area contributed by atoms with Gasteiger partial charge in [-0.1, -0.05) is 0 Å². The largest absolute Gasteiger partial charge is 0.347 e. The molecule has 1 fully saturated rings. The first-order valence-corrected chi connectivity index (χ1v) is 3.95. The Morgan fingerprint density at radius 1 is 1.67 bits per heavy atom. The number of hydrogen-bond donors (Lipinski definition) is 2. The summed E-state index contributed by atoms with van der Waals surface area (Å²) in [6.07, 6.45) is 0.515. The predicted molar refractivity (Wildman–Crippen MR) is 39.8 cm³/mol. The van der Waals surface area contributed by atoms with Crippen LogP contribution in [0.1, 0.15) is 19.3 Å². The zero-order valence-electron chi connectivity index (χ0n) is 6.65. The first kappa shape index (κ1) is 9.38. The third-order valence-electron chi connectivity index (χ3n) is 2.00. The zero-order valence-corrected chi connectivity index (χ0v) is 6.65. The second-order valence-electron chi connectivity index (χ2n) is 3.00. The number of amides is 1. The molecule has 1 heterocycles. The third kappa shape index (κ3) is 1.91. The van der Waals surface area contributed by atoms with E-state index in [0.717, 1.165) is 0 Å². The molecule has 0 aromatic heterocycles. The topological polar surface area (TPSA) is 55.1 Å². The highest BCUT2D eigenvalue weighted by Crippen LogP contribution is 2.24. The van der Waals surface area contributed by atoms with Crippen LogP contribution in [0.4, 0.5) is 8.78 Å². The van der Waals surface area contributed by atoms with Gasteiger partial charge in [-0.15, -0.1) is 0 Å². The molecule has 12 heavy (non-hydrogen) atoms. The molecule has 3 N–H and O–H groups in total. The summed E-state index contributed by atoms with van der Waals surface area (Å²) in [5, 5.41) is 2.20. The van der Waals surface area contributed by atoms with Crippen molar-refractivity contribution < 1.29 is 13.6 Å². The van der Waals surface area contributed by atoms with Gasteiger partial charge in [0.25, 0.3) is 5.91 Å². The predicted octanol–water partition coefficient (Wildman–Crippen LogP) is 0.249. The van der Waals surface area contributed by atoms with E-state index < -0.39 is 11.8 Å². The number of rotatable bonds is 1. The second-order valence-corrected chi connectivity index (χ2v) is 3.00. The SMILES string of the molecule is NCC1CCCC(F)(F)C(=O)N1. The highest BCUT2D eigenvalue weighted by atomic mass is 19.3. The van der Waals surface area contributed by atoms with Crippen molar-refractivity contribution in [3.8, 4) is 0 Å². The van der Waals surface area contributed by atoms with Gasteiger partial charge in [-0.3, -0.25) is 4.79 Å². The fourth-order valence-electron chi connectivity index (χ4n) is 1.22. The highest BCUT2D eigenvalue weighted by molar-refractivity contribution is 5.83. The molecule has 1 rings (SSSR count). The van der Waals surface area contributed by atoms with Gasteiger partial charge in [0.2, 0.25) is 0 Å². The number of hydrogen-bond acceptors (Lipinski definition) is 2. The molecular formula is C7H12F2N2O. The number of halogens is 2. The van der Waals surface area contributed by atoms with Gasteiger partial charge in [0, 0.05) is 19.0 Å². The van der Waals surface area contributed by atoms with Crippen molar-refractivity contribution in [3.05, 3.63) is 0 Å². The Morgan fingerprint density at radius 2 is 2.33 bits per heavy atom. The van der Waals surface area contributed by atoms with E-state index in [4.69, 9.17) is 5.73 Å². The molecular weight excluding hydrogens is 166 g/mol. The monoisotopic (exact) mass is 178 g/mol. The van der Waals surface area contributed by atoms with Crippen molar-refractivity contribution in [1.82, 2.24) is 5.32 Å². The number of nitrogens with two attached hydrogens (primary N) is 1. The Bertz CT molecular complexity index is 184. The van der Waals surface area contributed by atoms with E-state index in [1.807, 2.05) is 0 Å². The zero-order chi connectivity index (χ0) is 9.19. The lowest BCUT2D eigenvalue weighted by atomic mass is 10.1. The molecule has 1 saturated heterocycles. The van der Waals surface area contributed by atoms with E-state index in [-0.39, 0.29) is 19.0 Å². The summed E-state index contributed by atoms with van der Waals surface area (Å²) in [6, 6.07) is -0.286. The summed E-state index contributed by atoms with van der Waals surface area (Å²) in [5.41, 5.74) is 5.26. The van der Waals surface area contributed by atoms with Crippen molar-refractivity contribution in [3.63, 3.8) is 0 Å². The summed E-state index contributed by atoms with van der Waals surface area (Å²) in [4.78, 5) is 10.8. The molecule has 1 atom stereocenters. The van der Waals surface area contributed by atoms with E-state index in [2.05, 4.69) is 5.32 Å². The minimum atomic E-state index is -3.20. The fourth-order valence-corrected chi connectivity index (χ4v) is 1.22. The van der Waals surface area contributed by atoms with Crippen LogP contribution in [0.2, 0.25) is 0 Å². The van der Waals surface area contributed by atoms with E-state index in [1.54, 1.807) is 0 Å². The molecule has 0 radical (unpaired) electrons. The van der Waals surface area contributed by atoms with E-state index in [1.165, 1.54) is 0 Å². The van der Waals surface area contributed by atoms with Crippen LogP contribution in [0.25, 0.3) is 0 Å². The van der Waals surface area contributed by atoms with Gasteiger partial charge in [-0.05, 0) is 12.8 Å². The molecule has 0 spiro atoms. The minimum absolute atomic E-state index is 0.224.